The Balaban J connectivity index is 1.80. The molecule has 0 aliphatic heterocycles. The molecule has 3 rings (SSSR count). The van der Waals surface area contributed by atoms with Crippen LogP contribution in [-0.4, -0.2) is 32.4 Å². The third kappa shape index (κ3) is 3.70. The SMILES string of the molecule is NC(=O)C1C2CC(C([O])C2[O])C1C(=O)NOS(=O)(=O)c1ccccc1C(F)(F)F. The van der Waals surface area contributed by atoms with E-state index in [0.29, 0.717) is 12.1 Å². The van der Waals surface area contributed by atoms with Gasteiger partial charge in [-0.15, -0.1) is 4.28 Å². The highest BCUT2D eigenvalue weighted by Crippen LogP contribution is 2.52. The molecule has 9 nitrogen and oxygen atoms in total. The van der Waals surface area contributed by atoms with E-state index < -0.39 is 74.4 Å². The Kier molecular flexibility index (Phi) is 5.36. The number of halogens is 3. The third-order valence-corrected chi connectivity index (χ3v) is 6.56. The van der Waals surface area contributed by atoms with E-state index in [-0.39, 0.29) is 6.42 Å². The summed E-state index contributed by atoms with van der Waals surface area (Å²) in [7, 11) is -5.08. The van der Waals surface area contributed by atoms with Crippen molar-refractivity contribution in [1.29, 1.82) is 0 Å². The summed E-state index contributed by atoms with van der Waals surface area (Å²) >= 11 is 0. The lowest BCUT2D eigenvalue weighted by atomic mass is 9.75. The molecular weight excluding hydrogens is 421 g/mol. The summed E-state index contributed by atoms with van der Waals surface area (Å²) in [5.74, 6) is -6.95. The van der Waals surface area contributed by atoms with Gasteiger partial charge in [-0.2, -0.15) is 21.6 Å². The summed E-state index contributed by atoms with van der Waals surface area (Å²) in [5.41, 5.74) is 5.22. The molecule has 0 saturated heterocycles. The molecule has 2 saturated carbocycles. The summed E-state index contributed by atoms with van der Waals surface area (Å²) in [5, 5.41) is 23.9. The zero-order valence-electron chi connectivity index (χ0n) is 14.5. The predicted molar refractivity (Wildman–Crippen MR) is 84.6 cm³/mol. The summed E-state index contributed by atoms with van der Waals surface area (Å²) in [6.45, 7) is 0. The third-order valence-electron chi connectivity index (χ3n) is 5.37. The van der Waals surface area contributed by atoms with Crippen LogP contribution in [0.25, 0.3) is 0 Å². The number of hydrogen-bond donors (Lipinski definition) is 2. The van der Waals surface area contributed by atoms with Crippen molar-refractivity contribution in [2.75, 3.05) is 0 Å². The van der Waals surface area contributed by atoms with Crippen LogP contribution in [0.5, 0.6) is 0 Å². The van der Waals surface area contributed by atoms with E-state index in [1.165, 1.54) is 5.48 Å². The topological polar surface area (TPSA) is 155 Å². The molecule has 29 heavy (non-hydrogen) atoms. The van der Waals surface area contributed by atoms with Crippen molar-refractivity contribution in [2.24, 2.45) is 29.4 Å². The van der Waals surface area contributed by atoms with E-state index in [2.05, 4.69) is 4.28 Å². The zero-order valence-corrected chi connectivity index (χ0v) is 15.3. The van der Waals surface area contributed by atoms with Gasteiger partial charge in [0.2, 0.25) is 11.8 Å². The molecular formula is C16H15F3N2O7S. The van der Waals surface area contributed by atoms with Crippen molar-refractivity contribution in [3.8, 4) is 0 Å². The van der Waals surface area contributed by atoms with Gasteiger partial charge < -0.3 is 5.73 Å². The van der Waals surface area contributed by atoms with E-state index in [0.717, 1.165) is 12.1 Å². The summed E-state index contributed by atoms with van der Waals surface area (Å²) in [4.78, 5) is 22.8. The monoisotopic (exact) mass is 436 g/mol. The summed E-state index contributed by atoms with van der Waals surface area (Å²) < 4.78 is 67.7. The number of fused-ring (bicyclic) bond motifs is 2. The number of hydrogen-bond acceptors (Lipinski definition) is 5. The lowest BCUT2D eigenvalue weighted by Gasteiger charge is -2.31. The lowest BCUT2D eigenvalue weighted by molar-refractivity contribution is -0.156. The molecule has 2 radical (unpaired) electrons. The van der Waals surface area contributed by atoms with Gasteiger partial charge in [-0.05, 0) is 18.6 Å². The van der Waals surface area contributed by atoms with E-state index in [1.54, 1.807) is 0 Å². The fourth-order valence-electron chi connectivity index (χ4n) is 4.18. The first-order valence-electron chi connectivity index (χ1n) is 8.36. The smallest absolute Gasteiger partial charge is 0.369 e. The van der Waals surface area contributed by atoms with Crippen molar-refractivity contribution in [1.82, 2.24) is 5.48 Å². The van der Waals surface area contributed by atoms with Gasteiger partial charge >= 0.3 is 16.3 Å². The minimum absolute atomic E-state index is 0.0301. The Hall–Kier alpha value is -2.22. The first-order chi connectivity index (χ1) is 13.4. The van der Waals surface area contributed by atoms with Gasteiger partial charge in [0.05, 0.1) is 17.4 Å². The van der Waals surface area contributed by atoms with Crippen LogP contribution in [0.3, 0.4) is 0 Å². The number of hydroxylamine groups is 1. The largest absolute Gasteiger partial charge is 0.417 e. The van der Waals surface area contributed by atoms with Gasteiger partial charge in [0, 0.05) is 11.8 Å². The van der Waals surface area contributed by atoms with Crippen molar-refractivity contribution in [3.63, 3.8) is 0 Å². The van der Waals surface area contributed by atoms with Gasteiger partial charge in [0.15, 0.2) is 0 Å². The Labute approximate surface area is 162 Å². The fraction of sp³-hybridized carbons (Fsp3) is 0.500. The van der Waals surface area contributed by atoms with Crippen molar-refractivity contribution in [3.05, 3.63) is 29.8 Å². The molecule has 2 bridgehead atoms. The van der Waals surface area contributed by atoms with E-state index in [4.69, 9.17) is 5.73 Å². The minimum atomic E-state index is -5.08. The minimum Gasteiger partial charge on any atom is -0.369 e. The second-order valence-electron chi connectivity index (χ2n) is 6.94. The Morgan fingerprint density at radius 1 is 1.07 bits per heavy atom. The number of carbonyl (C=O) groups is 2. The Bertz CT molecular complexity index is 937. The van der Waals surface area contributed by atoms with Crippen molar-refractivity contribution >= 4 is 21.9 Å². The molecule has 2 amide bonds. The Morgan fingerprint density at radius 3 is 2.17 bits per heavy atom. The van der Waals surface area contributed by atoms with Gasteiger partial charge in [0.1, 0.15) is 17.1 Å². The second-order valence-corrected chi connectivity index (χ2v) is 8.46. The van der Waals surface area contributed by atoms with Crippen LogP contribution in [0.2, 0.25) is 0 Å². The molecule has 1 aromatic carbocycles. The van der Waals surface area contributed by atoms with Gasteiger partial charge in [-0.3, -0.25) is 9.59 Å². The zero-order chi connectivity index (χ0) is 21.7. The van der Waals surface area contributed by atoms with E-state index in [9.17, 15) is 41.4 Å². The fourth-order valence-corrected chi connectivity index (χ4v) is 5.16. The highest BCUT2D eigenvalue weighted by Gasteiger charge is 2.63. The highest BCUT2D eigenvalue weighted by molar-refractivity contribution is 7.86. The average Bonchev–Trinajstić information content (AvgIpc) is 3.16. The molecule has 2 fully saturated rings. The number of benzene rings is 1. The normalized spacial score (nSPS) is 31.6. The number of nitrogens with two attached hydrogens (primary N) is 1. The van der Waals surface area contributed by atoms with Crippen LogP contribution in [0, 0.1) is 23.7 Å². The first kappa shape index (κ1) is 21.5. The summed E-state index contributed by atoms with van der Waals surface area (Å²) in [6, 6.07) is 3.17. The standard InChI is InChI=1S/C16H15F3N2O7S/c17-16(18,19)8-3-1-2-4-9(8)29(26,27)28-21-15(25)11-7-5-6(10(11)14(20)24)12(22)13(7)23/h1-4,6-7,10-13H,5H2,(H2,20,24)(H,21,25). The molecule has 0 aromatic heterocycles. The van der Waals surface area contributed by atoms with Crippen LogP contribution in [0.15, 0.2) is 29.2 Å². The number of carbonyl (C=O) groups excluding carboxylic acids is 2. The van der Waals surface area contributed by atoms with Crippen molar-refractivity contribution in [2.45, 2.75) is 29.7 Å². The molecule has 1 aromatic rings. The molecule has 158 valence electrons. The molecule has 3 N–H and O–H groups in total. The Morgan fingerprint density at radius 2 is 1.62 bits per heavy atom. The average molecular weight is 436 g/mol. The van der Waals surface area contributed by atoms with Gasteiger partial charge in [-0.1, -0.05) is 12.1 Å². The lowest BCUT2D eigenvalue weighted by Crippen LogP contribution is -2.51. The molecule has 2 aliphatic carbocycles. The van der Waals surface area contributed by atoms with Gasteiger partial charge in [0.25, 0.3) is 0 Å². The number of rotatable bonds is 5. The predicted octanol–water partition coefficient (Wildman–Crippen LogP) is 0.407. The van der Waals surface area contributed by atoms with Crippen LogP contribution in [0.1, 0.15) is 12.0 Å². The maximum Gasteiger partial charge on any atom is 0.417 e. The van der Waals surface area contributed by atoms with Crippen LogP contribution in [0.4, 0.5) is 13.2 Å². The molecule has 13 heteroatoms. The number of alkyl halides is 3. The molecule has 0 heterocycles. The number of amides is 2. The maximum atomic E-state index is 13.0. The van der Waals surface area contributed by atoms with Gasteiger partial charge in [-0.25, -0.2) is 15.7 Å². The second kappa shape index (κ2) is 7.23. The molecule has 6 atom stereocenters. The summed E-state index contributed by atoms with van der Waals surface area (Å²) in [6.07, 6.45) is -8.37. The first-order valence-corrected chi connectivity index (χ1v) is 9.77. The van der Waals surface area contributed by atoms with Crippen LogP contribution in [-0.2, 0) is 40.4 Å². The molecule has 6 unspecified atom stereocenters. The van der Waals surface area contributed by atoms with Crippen molar-refractivity contribution < 1.29 is 45.7 Å². The highest BCUT2D eigenvalue weighted by atomic mass is 32.2. The quantitative estimate of drug-likeness (QED) is 0.640. The van der Waals surface area contributed by atoms with E-state index in [1.807, 2.05) is 0 Å². The number of primary amides is 1. The maximum absolute atomic E-state index is 13.0. The van der Waals surface area contributed by atoms with Crippen LogP contribution >= 0.6 is 0 Å². The number of nitrogens with one attached hydrogen (secondary N) is 1. The molecule has 2 aliphatic rings. The molecule has 0 spiro atoms. The van der Waals surface area contributed by atoms with E-state index >= 15 is 0 Å². The van der Waals surface area contributed by atoms with Crippen LogP contribution < -0.4 is 11.2 Å².